The van der Waals surface area contributed by atoms with Crippen molar-refractivity contribution in [3.63, 3.8) is 0 Å². The molecule has 0 fully saturated rings. The molecule has 0 N–H and O–H groups in total. The van der Waals surface area contributed by atoms with Crippen LogP contribution in [0.4, 0.5) is 0 Å². The van der Waals surface area contributed by atoms with Crippen molar-refractivity contribution in [1.29, 1.82) is 0 Å². The molecule has 0 radical (unpaired) electrons. The van der Waals surface area contributed by atoms with Crippen molar-refractivity contribution in [3.8, 4) is 0 Å². The van der Waals surface area contributed by atoms with Crippen LogP contribution in [0.2, 0.25) is 0 Å². The number of rotatable bonds is 3. The van der Waals surface area contributed by atoms with Gasteiger partial charge in [-0.15, -0.1) is 0 Å². The van der Waals surface area contributed by atoms with Gasteiger partial charge in [0.05, 0.1) is 0 Å². The van der Waals surface area contributed by atoms with E-state index in [-0.39, 0.29) is 6.61 Å². The van der Waals surface area contributed by atoms with Gasteiger partial charge in [-0.05, 0) is 0 Å². The number of hydrogen-bond donors (Lipinski definition) is 0. The first-order chi connectivity index (χ1) is 4.16. The molecule has 9 heavy (non-hydrogen) atoms. The second-order valence-corrected chi connectivity index (χ2v) is 2.45. The zero-order chi connectivity index (χ0) is 7.28. The van der Waals surface area contributed by atoms with Gasteiger partial charge in [-0.25, -0.2) is 4.79 Å². The highest BCUT2D eigenvalue weighted by molar-refractivity contribution is 9.11. The van der Waals surface area contributed by atoms with E-state index in [0.29, 0.717) is 4.48 Å². The second-order valence-electron chi connectivity index (χ2n) is 1.33. The minimum Gasteiger partial charge on any atom is -0.457 e. The van der Waals surface area contributed by atoms with Crippen LogP contribution in [0.1, 0.15) is 0 Å². The summed E-state index contributed by atoms with van der Waals surface area (Å²) >= 11 is 3.03. The Morgan fingerprint density at radius 2 is 2.33 bits per heavy atom. The summed E-state index contributed by atoms with van der Waals surface area (Å²) in [4.78, 5) is 10.3. The maximum absolute atomic E-state index is 10.3. The Morgan fingerprint density at radius 3 is 2.67 bits per heavy atom. The van der Waals surface area contributed by atoms with Gasteiger partial charge in [-0.3, -0.25) is 0 Å². The van der Waals surface area contributed by atoms with Gasteiger partial charge in [0.25, 0.3) is 0 Å². The van der Waals surface area contributed by atoms with Gasteiger partial charge in [0.2, 0.25) is 0 Å². The average molecular weight is 191 g/mol. The molecule has 0 rings (SSSR count). The maximum atomic E-state index is 10.3. The Bertz CT molecular complexity index is 140. The summed E-state index contributed by atoms with van der Waals surface area (Å²) in [5.41, 5.74) is 0. The van der Waals surface area contributed by atoms with Crippen LogP contribution in [0.3, 0.4) is 0 Å². The standard InChI is InChI=1S/C6H7BrO2/c1-3-6(8)9-4-5(2)7/h3H,1-2,4H2. The Labute approximate surface area is 62.3 Å². The van der Waals surface area contributed by atoms with Crippen molar-refractivity contribution in [1.82, 2.24) is 0 Å². The average Bonchev–Trinajstić information content (AvgIpc) is 1.83. The lowest BCUT2D eigenvalue weighted by atomic mass is 10.6. The third-order valence-corrected chi connectivity index (χ3v) is 0.767. The molecule has 0 atom stereocenters. The minimum absolute atomic E-state index is 0.199. The predicted octanol–water partition coefficient (Wildman–Crippen LogP) is 1.62. The van der Waals surface area contributed by atoms with Crippen molar-refractivity contribution >= 4 is 21.9 Å². The lowest BCUT2D eigenvalue weighted by molar-refractivity contribution is -0.136. The Balaban J connectivity index is 3.39. The molecule has 0 aromatic rings. The third-order valence-electron chi connectivity index (χ3n) is 0.538. The first-order valence-corrected chi connectivity index (χ1v) is 3.08. The van der Waals surface area contributed by atoms with E-state index in [1.54, 1.807) is 0 Å². The Morgan fingerprint density at radius 1 is 1.78 bits per heavy atom. The second kappa shape index (κ2) is 4.32. The minimum atomic E-state index is -0.435. The van der Waals surface area contributed by atoms with Gasteiger partial charge in [0.1, 0.15) is 6.61 Å². The highest BCUT2D eigenvalue weighted by atomic mass is 79.9. The zero-order valence-electron chi connectivity index (χ0n) is 4.89. The Hall–Kier alpha value is -0.570. The molecule has 0 aromatic carbocycles. The van der Waals surface area contributed by atoms with Crippen molar-refractivity contribution in [2.24, 2.45) is 0 Å². The number of carbonyl (C=O) groups excluding carboxylic acids is 1. The molecule has 0 unspecified atom stereocenters. The number of ether oxygens (including phenoxy) is 1. The van der Waals surface area contributed by atoms with Crippen molar-refractivity contribution in [2.45, 2.75) is 0 Å². The first kappa shape index (κ1) is 8.43. The van der Waals surface area contributed by atoms with E-state index in [1.807, 2.05) is 0 Å². The van der Waals surface area contributed by atoms with Crippen LogP contribution in [-0.4, -0.2) is 12.6 Å². The lowest BCUT2D eigenvalue weighted by Crippen LogP contribution is -2.00. The molecule has 3 heteroatoms. The molecule has 50 valence electrons. The smallest absolute Gasteiger partial charge is 0.330 e. The van der Waals surface area contributed by atoms with E-state index in [9.17, 15) is 4.79 Å². The summed E-state index contributed by atoms with van der Waals surface area (Å²) < 4.78 is 5.19. The normalized spacial score (nSPS) is 8.11. The van der Waals surface area contributed by atoms with Crippen LogP contribution in [-0.2, 0) is 9.53 Å². The van der Waals surface area contributed by atoms with E-state index >= 15 is 0 Å². The van der Waals surface area contributed by atoms with Crippen molar-refractivity contribution in [2.75, 3.05) is 6.61 Å². The topological polar surface area (TPSA) is 26.3 Å². The fourth-order valence-corrected chi connectivity index (χ4v) is 0.323. The summed E-state index contributed by atoms with van der Waals surface area (Å²) in [6.45, 7) is 6.88. The monoisotopic (exact) mass is 190 g/mol. The van der Waals surface area contributed by atoms with Crippen molar-refractivity contribution in [3.05, 3.63) is 23.7 Å². The predicted molar refractivity (Wildman–Crippen MR) is 39.2 cm³/mol. The SMILES string of the molecule is C=CC(=O)OCC(=C)Br. The number of hydrogen-bond acceptors (Lipinski definition) is 2. The fourth-order valence-electron chi connectivity index (χ4n) is 0.208. The van der Waals surface area contributed by atoms with E-state index < -0.39 is 5.97 Å². The lowest BCUT2D eigenvalue weighted by Gasteiger charge is -1.96. The van der Waals surface area contributed by atoms with Crippen LogP contribution < -0.4 is 0 Å². The van der Waals surface area contributed by atoms with Gasteiger partial charge in [-0.1, -0.05) is 29.1 Å². The highest BCUT2D eigenvalue weighted by Crippen LogP contribution is 1.99. The molecule has 0 saturated heterocycles. The number of esters is 1. The summed E-state index contributed by atoms with van der Waals surface area (Å²) in [7, 11) is 0. The maximum Gasteiger partial charge on any atom is 0.330 e. The number of halogens is 1. The molecule has 0 aromatic heterocycles. The zero-order valence-corrected chi connectivity index (χ0v) is 6.48. The molecule has 0 aliphatic heterocycles. The summed E-state index contributed by atoms with van der Waals surface area (Å²) in [6, 6.07) is 0. The van der Waals surface area contributed by atoms with Crippen LogP contribution >= 0.6 is 15.9 Å². The van der Waals surface area contributed by atoms with Gasteiger partial charge in [-0.2, -0.15) is 0 Å². The molecular formula is C6H7BrO2. The molecule has 0 heterocycles. The van der Waals surface area contributed by atoms with E-state index in [4.69, 9.17) is 0 Å². The van der Waals surface area contributed by atoms with Gasteiger partial charge < -0.3 is 4.74 Å². The third kappa shape index (κ3) is 5.30. The fraction of sp³-hybridized carbons (Fsp3) is 0.167. The Kier molecular flexibility index (Phi) is 4.05. The van der Waals surface area contributed by atoms with E-state index in [0.717, 1.165) is 6.08 Å². The van der Waals surface area contributed by atoms with Gasteiger partial charge in [0.15, 0.2) is 0 Å². The molecule has 0 saturated carbocycles. The van der Waals surface area contributed by atoms with Crippen LogP contribution in [0.5, 0.6) is 0 Å². The van der Waals surface area contributed by atoms with Crippen LogP contribution in [0.15, 0.2) is 23.7 Å². The van der Waals surface area contributed by atoms with E-state index in [2.05, 4.69) is 33.8 Å². The first-order valence-electron chi connectivity index (χ1n) is 2.29. The van der Waals surface area contributed by atoms with Crippen LogP contribution in [0, 0.1) is 0 Å². The summed E-state index contributed by atoms with van der Waals surface area (Å²) in [5, 5.41) is 0. The van der Waals surface area contributed by atoms with E-state index in [1.165, 1.54) is 0 Å². The molecule has 0 spiro atoms. The van der Waals surface area contributed by atoms with Crippen molar-refractivity contribution < 1.29 is 9.53 Å². The van der Waals surface area contributed by atoms with Gasteiger partial charge in [0, 0.05) is 10.6 Å². The molecule has 0 bridgehead atoms. The quantitative estimate of drug-likeness (QED) is 0.500. The van der Waals surface area contributed by atoms with Crippen LogP contribution in [0.25, 0.3) is 0 Å². The number of carbonyl (C=O) groups is 1. The highest BCUT2D eigenvalue weighted by Gasteiger charge is 1.93. The molecular weight excluding hydrogens is 184 g/mol. The summed E-state index contributed by atoms with van der Waals surface area (Å²) in [5.74, 6) is -0.435. The molecule has 2 nitrogen and oxygen atoms in total. The van der Waals surface area contributed by atoms with Gasteiger partial charge >= 0.3 is 5.97 Å². The molecule has 0 amide bonds. The largest absolute Gasteiger partial charge is 0.457 e. The molecule has 0 aliphatic rings. The summed E-state index contributed by atoms with van der Waals surface area (Å²) in [6.07, 6.45) is 1.11. The molecule has 0 aliphatic carbocycles.